The highest BCUT2D eigenvalue weighted by Crippen LogP contribution is 2.44. The summed E-state index contributed by atoms with van der Waals surface area (Å²) >= 11 is 0. The summed E-state index contributed by atoms with van der Waals surface area (Å²) in [5.74, 6) is 0. The number of likely N-dealkylation sites (N-methyl/N-ethyl adjacent to an activating group) is 1. The first-order valence-electron chi connectivity index (χ1n) is 5.39. The third kappa shape index (κ3) is 1.01. The molecule has 0 amide bonds. The van der Waals surface area contributed by atoms with Crippen molar-refractivity contribution in [2.24, 2.45) is 0 Å². The highest BCUT2D eigenvalue weighted by Gasteiger charge is 2.37. The van der Waals surface area contributed by atoms with Crippen LogP contribution in [0.1, 0.15) is 18.5 Å². The SMILES string of the molecule is CCN1CCN2c3[c]cccc3C2C1. The van der Waals surface area contributed by atoms with Crippen LogP contribution in [0.2, 0.25) is 0 Å². The van der Waals surface area contributed by atoms with E-state index in [1.807, 2.05) is 6.07 Å². The van der Waals surface area contributed by atoms with E-state index in [1.54, 1.807) is 0 Å². The van der Waals surface area contributed by atoms with Crippen molar-refractivity contribution < 1.29 is 0 Å². The summed E-state index contributed by atoms with van der Waals surface area (Å²) in [5.41, 5.74) is 2.83. The van der Waals surface area contributed by atoms with Gasteiger partial charge in [-0.2, -0.15) is 0 Å². The Kier molecular flexibility index (Phi) is 1.77. The maximum atomic E-state index is 3.33. The van der Waals surface area contributed by atoms with Gasteiger partial charge in [0.15, 0.2) is 0 Å². The lowest BCUT2D eigenvalue weighted by Crippen LogP contribution is -2.53. The lowest BCUT2D eigenvalue weighted by molar-refractivity contribution is 0.223. The average molecular weight is 187 g/mol. The average Bonchev–Trinajstić information content (AvgIpc) is 2.25. The molecule has 1 radical (unpaired) electrons. The van der Waals surface area contributed by atoms with Gasteiger partial charge in [-0.3, -0.25) is 4.90 Å². The predicted octanol–water partition coefficient (Wildman–Crippen LogP) is 1.68. The van der Waals surface area contributed by atoms with Crippen LogP contribution in [0.4, 0.5) is 5.69 Å². The van der Waals surface area contributed by atoms with Crippen LogP contribution in [-0.2, 0) is 0 Å². The van der Waals surface area contributed by atoms with Gasteiger partial charge in [0.05, 0.1) is 11.7 Å². The number of nitrogens with zero attached hydrogens (tertiary/aromatic N) is 2. The molecule has 1 aromatic carbocycles. The number of piperazine rings is 1. The predicted molar refractivity (Wildman–Crippen MR) is 57.5 cm³/mol. The Morgan fingerprint density at radius 1 is 1.50 bits per heavy atom. The summed E-state index contributed by atoms with van der Waals surface area (Å²) in [4.78, 5) is 5.01. The monoisotopic (exact) mass is 187 g/mol. The van der Waals surface area contributed by atoms with Gasteiger partial charge in [0.2, 0.25) is 0 Å². The number of para-hydroxylation sites is 1. The van der Waals surface area contributed by atoms with Crippen LogP contribution in [0.3, 0.4) is 0 Å². The molecule has 3 rings (SSSR count). The molecule has 1 unspecified atom stereocenters. The van der Waals surface area contributed by atoms with Crippen molar-refractivity contribution in [2.45, 2.75) is 13.0 Å². The van der Waals surface area contributed by atoms with Crippen molar-refractivity contribution in [3.05, 3.63) is 29.8 Å². The molecule has 0 spiro atoms. The Morgan fingerprint density at radius 3 is 3.29 bits per heavy atom. The van der Waals surface area contributed by atoms with Gasteiger partial charge in [0, 0.05) is 25.7 Å². The quantitative estimate of drug-likeness (QED) is 0.660. The van der Waals surface area contributed by atoms with Gasteiger partial charge in [-0.25, -0.2) is 0 Å². The largest absolute Gasteiger partial charge is 0.361 e. The lowest BCUT2D eigenvalue weighted by atomic mass is 9.91. The van der Waals surface area contributed by atoms with Crippen molar-refractivity contribution in [1.82, 2.24) is 4.90 Å². The highest BCUT2D eigenvalue weighted by atomic mass is 15.3. The van der Waals surface area contributed by atoms with E-state index in [4.69, 9.17) is 0 Å². The fourth-order valence-electron chi connectivity index (χ4n) is 2.55. The van der Waals surface area contributed by atoms with E-state index in [-0.39, 0.29) is 0 Å². The zero-order valence-corrected chi connectivity index (χ0v) is 8.53. The molecule has 0 bridgehead atoms. The maximum Gasteiger partial charge on any atom is 0.0690 e. The molecule has 0 N–H and O–H groups in total. The van der Waals surface area contributed by atoms with Crippen molar-refractivity contribution in [2.75, 3.05) is 31.1 Å². The molecule has 0 aliphatic carbocycles. The Labute approximate surface area is 85.1 Å². The third-order valence-corrected chi connectivity index (χ3v) is 3.42. The zero-order valence-electron chi connectivity index (χ0n) is 8.53. The summed E-state index contributed by atoms with van der Waals surface area (Å²) in [7, 11) is 0. The van der Waals surface area contributed by atoms with Crippen LogP contribution in [-0.4, -0.2) is 31.1 Å². The van der Waals surface area contributed by atoms with E-state index in [2.05, 4.69) is 34.9 Å². The molecular formula is C12H15N2. The van der Waals surface area contributed by atoms with E-state index in [0.29, 0.717) is 6.04 Å². The zero-order chi connectivity index (χ0) is 9.54. The Hall–Kier alpha value is -1.02. The molecule has 73 valence electrons. The van der Waals surface area contributed by atoms with Gasteiger partial charge in [0.25, 0.3) is 0 Å². The lowest BCUT2D eigenvalue weighted by Gasteiger charge is -2.50. The molecule has 1 aromatic rings. The van der Waals surface area contributed by atoms with Gasteiger partial charge in [-0.15, -0.1) is 0 Å². The van der Waals surface area contributed by atoms with Crippen LogP contribution < -0.4 is 4.90 Å². The van der Waals surface area contributed by atoms with Gasteiger partial charge in [0.1, 0.15) is 0 Å². The maximum absolute atomic E-state index is 3.33. The van der Waals surface area contributed by atoms with Gasteiger partial charge < -0.3 is 4.90 Å². The molecule has 0 saturated carbocycles. The summed E-state index contributed by atoms with van der Waals surface area (Å²) in [5, 5.41) is 0. The first kappa shape index (κ1) is 8.30. The van der Waals surface area contributed by atoms with E-state index >= 15 is 0 Å². The minimum atomic E-state index is 0.649. The molecule has 14 heavy (non-hydrogen) atoms. The number of anilines is 1. The van der Waals surface area contributed by atoms with Gasteiger partial charge in [-0.1, -0.05) is 25.1 Å². The summed E-state index contributed by atoms with van der Waals surface area (Å²) in [6.07, 6.45) is 0. The Morgan fingerprint density at radius 2 is 2.43 bits per heavy atom. The third-order valence-electron chi connectivity index (χ3n) is 3.42. The van der Waals surface area contributed by atoms with Crippen LogP contribution in [0.25, 0.3) is 0 Å². The van der Waals surface area contributed by atoms with E-state index in [0.717, 1.165) is 0 Å². The topological polar surface area (TPSA) is 6.48 Å². The molecule has 0 aromatic heterocycles. The second kappa shape index (κ2) is 2.99. The molecule has 1 saturated heterocycles. The smallest absolute Gasteiger partial charge is 0.0690 e. The second-order valence-corrected chi connectivity index (χ2v) is 4.08. The van der Waals surface area contributed by atoms with Gasteiger partial charge >= 0.3 is 0 Å². The van der Waals surface area contributed by atoms with Gasteiger partial charge in [-0.05, 0) is 12.1 Å². The number of benzene rings is 1. The van der Waals surface area contributed by atoms with E-state index in [1.165, 1.54) is 37.4 Å². The van der Waals surface area contributed by atoms with Crippen LogP contribution in [0.15, 0.2) is 18.2 Å². The van der Waals surface area contributed by atoms with Crippen molar-refractivity contribution in [3.63, 3.8) is 0 Å². The van der Waals surface area contributed by atoms with Crippen molar-refractivity contribution in [1.29, 1.82) is 0 Å². The Bertz CT molecular complexity index is 348. The molecule has 2 heteroatoms. The van der Waals surface area contributed by atoms with Crippen LogP contribution in [0, 0.1) is 6.07 Å². The first-order chi connectivity index (χ1) is 6.90. The molecule has 1 fully saturated rings. The summed E-state index contributed by atoms with van der Waals surface area (Å²) in [6, 6.07) is 10.3. The highest BCUT2D eigenvalue weighted by molar-refractivity contribution is 5.65. The Balaban J connectivity index is 1.88. The molecule has 2 aliphatic rings. The number of fused-ring (bicyclic) bond motifs is 4. The molecular weight excluding hydrogens is 172 g/mol. The number of hydrogen-bond acceptors (Lipinski definition) is 2. The minimum Gasteiger partial charge on any atom is -0.361 e. The summed E-state index contributed by atoms with van der Waals surface area (Å²) in [6.45, 7) is 6.99. The van der Waals surface area contributed by atoms with Crippen LogP contribution >= 0.6 is 0 Å². The number of hydrogen-bond donors (Lipinski definition) is 0. The van der Waals surface area contributed by atoms with Crippen LogP contribution in [0.5, 0.6) is 0 Å². The van der Waals surface area contributed by atoms with E-state index < -0.39 is 0 Å². The second-order valence-electron chi connectivity index (χ2n) is 4.08. The van der Waals surface area contributed by atoms with Crippen molar-refractivity contribution in [3.8, 4) is 0 Å². The number of rotatable bonds is 1. The molecule has 2 heterocycles. The van der Waals surface area contributed by atoms with Crippen molar-refractivity contribution >= 4 is 5.69 Å². The summed E-state index contributed by atoms with van der Waals surface area (Å²) < 4.78 is 0. The minimum absolute atomic E-state index is 0.649. The first-order valence-corrected chi connectivity index (χ1v) is 5.39. The fraction of sp³-hybridized carbons (Fsp3) is 0.500. The molecule has 1 atom stereocenters. The molecule has 2 nitrogen and oxygen atoms in total. The molecule has 2 aliphatic heterocycles. The standard InChI is InChI=1S/C12H15N2/c1-2-13-7-8-14-11-6-4-3-5-10(11)12(14)9-13/h3-5,12H,2,7-9H2,1H3. The van der Waals surface area contributed by atoms with E-state index in [9.17, 15) is 0 Å². The fourth-order valence-corrected chi connectivity index (χ4v) is 2.55. The normalized spacial score (nSPS) is 25.2.